The number of likely N-dealkylation sites (N-methyl/N-ethyl adjacent to an activating group) is 1. The average Bonchev–Trinajstić information content (AvgIpc) is 2.64. The summed E-state index contributed by atoms with van der Waals surface area (Å²) in [5.74, 6) is 1.16. The van der Waals surface area contributed by atoms with E-state index in [9.17, 15) is 5.11 Å². The lowest BCUT2D eigenvalue weighted by molar-refractivity contribution is 0.200. The van der Waals surface area contributed by atoms with Crippen molar-refractivity contribution < 1.29 is 9.52 Å². The van der Waals surface area contributed by atoms with Gasteiger partial charge in [0.05, 0.1) is 12.6 Å². The Hall–Kier alpha value is -1.14. The van der Waals surface area contributed by atoms with Gasteiger partial charge in [-0.3, -0.25) is 0 Å². The molecule has 6 heteroatoms. The molecule has 0 spiro atoms. The van der Waals surface area contributed by atoms with E-state index in [0.717, 1.165) is 6.54 Å². The van der Waals surface area contributed by atoms with Gasteiger partial charge in [-0.2, -0.15) is 0 Å². The fourth-order valence-electron chi connectivity index (χ4n) is 1.41. The fourth-order valence-corrected chi connectivity index (χ4v) is 1.41. The molecule has 0 aliphatic heterocycles. The number of aliphatic hydroxyl groups is 1. The van der Waals surface area contributed by atoms with Crippen LogP contribution >= 0.6 is 0 Å². The number of anilines is 1. The van der Waals surface area contributed by atoms with Gasteiger partial charge in [0.1, 0.15) is 0 Å². The summed E-state index contributed by atoms with van der Waals surface area (Å²) in [5.41, 5.74) is 0. The lowest BCUT2D eigenvalue weighted by Crippen LogP contribution is -2.27. The third kappa shape index (κ3) is 5.14. The van der Waals surface area contributed by atoms with Crippen LogP contribution in [0, 0.1) is 5.92 Å². The monoisotopic (exact) mass is 242 g/mol. The highest BCUT2D eigenvalue weighted by Gasteiger charge is 2.12. The van der Waals surface area contributed by atoms with E-state index < -0.39 is 6.10 Å². The molecule has 0 saturated carbocycles. The summed E-state index contributed by atoms with van der Waals surface area (Å²) in [6.07, 6.45) is -0.422. The Morgan fingerprint density at radius 2 is 2.06 bits per heavy atom. The largest absolute Gasteiger partial charge is 0.407 e. The molecule has 0 radical (unpaired) electrons. The second-order valence-electron chi connectivity index (χ2n) is 4.73. The van der Waals surface area contributed by atoms with Crippen LogP contribution in [-0.4, -0.2) is 41.5 Å². The molecular weight excluding hydrogens is 220 g/mol. The molecule has 6 nitrogen and oxygen atoms in total. The van der Waals surface area contributed by atoms with Crippen molar-refractivity contribution in [2.75, 3.05) is 25.0 Å². The molecule has 2 N–H and O–H groups in total. The van der Waals surface area contributed by atoms with Gasteiger partial charge in [-0.15, -0.1) is 5.10 Å². The SMILES string of the molecule is CC(C)CNCc1nnc(N(C)CC(C)O)o1. The number of nitrogens with zero attached hydrogens (tertiary/aromatic N) is 3. The maximum Gasteiger partial charge on any atom is 0.318 e. The van der Waals surface area contributed by atoms with Crippen molar-refractivity contribution in [3.8, 4) is 0 Å². The predicted octanol–water partition coefficient (Wildman–Crippen LogP) is 0.632. The van der Waals surface area contributed by atoms with Gasteiger partial charge in [0, 0.05) is 13.6 Å². The van der Waals surface area contributed by atoms with Gasteiger partial charge in [0.2, 0.25) is 5.89 Å². The Morgan fingerprint density at radius 1 is 1.35 bits per heavy atom. The molecule has 0 bridgehead atoms. The zero-order valence-electron chi connectivity index (χ0n) is 11.0. The molecule has 0 aliphatic carbocycles. The number of nitrogens with one attached hydrogen (secondary N) is 1. The van der Waals surface area contributed by atoms with Crippen LogP contribution < -0.4 is 10.2 Å². The van der Waals surface area contributed by atoms with E-state index in [1.807, 2.05) is 7.05 Å². The first-order valence-corrected chi connectivity index (χ1v) is 5.91. The minimum Gasteiger partial charge on any atom is -0.407 e. The van der Waals surface area contributed by atoms with Crippen molar-refractivity contribution in [2.24, 2.45) is 5.92 Å². The average molecular weight is 242 g/mol. The Kier molecular flexibility index (Phi) is 5.37. The molecule has 0 aromatic carbocycles. The number of hydrogen-bond acceptors (Lipinski definition) is 6. The van der Waals surface area contributed by atoms with Crippen LogP contribution in [0.15, 0.2) is 4.42 Å². The summed E-state index contributed by atoms with van der Waals surface area (Å²) in [4.78, 5) is 1.74. The zero-order chi connectivity index (χ0) is 12.8. The van der Waals surface area contributed by atoms with Gasteiger partial charge in [0.25, 0.3) is 0 Å². The van der Waals surface area contributed by atoms with Gasteiger partial charge in [-0.1, -0.05) is 18.9 Å². The first kappa shape index (κ1) is 13.9. The fraction of sp³-hybridized carbons (Fsp3) is 0.818. The normalized spacial score (nSPS) is 13.1. The van der Waals surface area contributed by atoms with Crippen molar-refractivity contribution in [1.82, 2.24) is 15.5 Å². The first-order valence-electron chi connectivity index (χ1n) is 5.91. The van der Waals surface area contributed by atoms with Gasteiger partial charge in [-0.05, 0) is 19.4 Å². The van der Waals surface area contributed by atoms with Crippen molar-refractivity contribution in [1.29, 1.82) is 0 Å². The lowest BCUT2D eigenvalue weighted by Gasteiger charge is -2.15. The minimum atomic E-state index is -0.422. The van der Waals surface area contributed by atoms with E-state index in [0.29, 0.717) is 30.9 Å². The van der Waals surface area contributed by atoms with Crippen LogP contribution in [-0.2, 0) is 6.54 Å². The van der Waals surface area contributed by atoms with Crippen molar-refractivity contribution in [3.05, 3.63) is 5.89 Å². The molecule has 1 heterocycles. The van der Waals surface area contributed by atoms with E-state index in [4.69, 9.17) is 4.42 Å². The van der Waals surface area contributed by atoms with Crippen molar-refractivity contribution >= 4 is 6.01 Å². The standard InChI is InChI=1S/C11H22N4O2/c1-8(2)5-12-6-10-13-14-11(17-10)15(4)7-9(3)16/h8-9,12,16H,5-7H2,1-4H3. The minimum absolute atomic E-state index is 0.422. The molecular formula is C11H22N4O2. The molecule has 0 amide bonds. The zero-order valence-corrected chi connectivity index (χ0v) is 11.0. The summed E-state index contributed by atoms with van der Waals surface area (Å²) in [6, 6.07) is 0.437. The van der Waals surface area contributed by atoms with E-state index >= 15 is 0 Å². The smallest absolute Gasteiger partial charge is 0.318 e. The quantitative estimate of drug-likeness (QED) is 0.730. The lowest BCUT2D eigenvalue weighted by atomic mass is 10.2. The molecule has 0 saturated heterocycles. The third-order valence-corrected chi connectivity index (χ3v) is 2.15. The number of aliphatic hydroxyl groups excluding tert-OH is 1. The van der Waals surface area contributed by atoms with Gasteiger partial charge >= 0.3 is 6.01 Å². The van der Waals surface area contributed by atoms with E-state index in [-0.39, 0.29) is 0 Å². The Morgan fingerprint density at radius 3 is 2.65 bits per heavy atom. The van der Waals surface area contributed by atoms with E-state index in [1.54, 1.807) is 11.8 Å². The number of rotatable bonds is 7. The molecule has 1 aromatic rings. The van der Waals surface area contributed by atoms with E-state index in [1.165, 1.54) is 0 Å². The first-order chi connectivity index (χ1) is 7.99. The van der Waals surface area contributed by atoms with Gasteiger partial charge in [0.15, 0.2) is 0 Å². The van der Waals surface area contributed by atoms with Crippen LogP contribution in [0.2, 0.25) is 0 Å². The highest BCUT2D eigenvalue weighted by molar-refractivity contribution is 5.21. The topological polar surface area (TPSA) is 74.4 Å². The number of hydrogen-bond donors (Lipinski definition) is 2. The summed E-state index contributed by atoms with van der Waals surface area (Å²) < 4.78 is 5.46. The Bertz CT molecular complexity index is 325. The molecule has 1 aromatic heterocycles. The van der Waals surface area contributed by atoms with Crippen LogP contribution in [0.4, 0.5) is 6.01 Å². The molecule has 1 unspecified atom stereocenters. The van der Waals surface area contributed by atoms with Crippen LogP contribution in [0.1, 0.15) is 26.7 Å². The highest BCUT2D eigenvalue weighted by atomic mass is 16.4. The molecule has 98 valence electrons. The molecule has 1 atom stereocenters. The van der Waals surface area contributed by atoms with Crippen molar-refractivity contribution in [3.63, 3.8) is 0 Å². The Labute approximate surface area is 102 Å². The second kappa shape index (κ2) is 6.56. The second-order valence-corrected chi connectivity index (χ2v) is 4.73. The molecule has 0 fully saturated rings. The third-order valence-electron chi connectivity index (χ3n) is 2.15. The maximum absolute atomic E-state index is 9.25. The maximum atomic E-state index is 9.25. The van der Waals surface area contributed by atoms with Gasteiger partial charge in [-0.25, -0.2) is 0 Å². The predicted molar refractivity (Wildman–Crippen MR) is 65.8 cm³/mol. The summed E-state index contributed by atoms with van der Waals surface area (Å²) >= 11 is 0. The molecule has 17 heavy (non-hydrogen) atoms. The Balaban J connectivity index is 2.42. The highest BCUT2D eigenvalue weighted by Crippen LogP contribution is 2.10. The van der Waals surface area contributed by atoms with Crippen LogP contribution in [0.3, 0.4) is 0 Å². The van der Waals surface area contributed by atoms with Crippen LogP contribution in [0.25, 0.3) is 0 Å². The van der Waals surface area contributed by atoms with Crippen molar-refractivity contribution in [2.45, 2.75) is 33.4 Å². The van der Waals surface area contributed by atoms with E-state index in [2.05, 4.69) is 29.4 Å². The number of aromatic nitrogens is 2. The van der Waals surface area contributed by atoms with Crippen LogP contribution in [0.5, 0.6) is 0 Å². The van der Waals surface area contributed by atoms with Gasteiger partial charge < -0.3 is 19.7 Å². The molecule has 1 rings (SSSR count). The summed E-state index contributed by atoms with van der Waals surface area (Å²) in [6.45, 7) is 7.97. The molecule has 0 aliphatic rings. The summed E-state index contributed by atoms with van der Waals surface area (Å²) in [5, 5.41) is 20.3. The summed E-state index contributed by atoms with van der Waals surface area (Å²) in [7, 11) is 1.81.